The van der Waals surface area contributed by atoms with E-state index >= 15 is 0 Å². The van der Waals surface area contributed by atoms with Crippen LogP contribution in [-0.4, -0.2) is 55.1 Å². The van der Waals surface area contributed by atoms with Crippen LogP contribution < -0.4 is 5.73 Å². The Morgan fingerprint density at radius 1 is 1.35 bits per heavy atom. The number of piperazine rings is 1. The SMILES string of the molecule is C=N/C(=N\N1CCN(C)C(c2ccccc2)C1)C(N)=O. The molecule has 0 aliphatic carbocycles. The van der Waals surface area contributed by atoms with Gasteiger partial charge >= 0.3 is 0 Å². The van der Waals surface area contributed by atoms with E-state index in [0.717, 1.165) is 13.1 Å². The lowest BCUT2D eigenvalue weighted by atomic mass is 10.0. The van der Waals surface area contributed by atoms with Crippen LogP contribution in [0.15, 0.2) is 40.4 Å². The van der Waals surface area contributed by atoms with Gasteiger partial charge in [0.15, 0.2) is 0 Å². The summed E-state index contributed by atoms with van der Waals surface area (Å²) in [5, 5.41) is 6.01. The fraction of sp³-hybridized carbons (Fsp3) is 0.357. The van der Waals surface area contributed by atoms with Crippen molar-refractivity contribution in [2.75, 3.05) is 26.7 Å². The molecule has 1 aliphatic rings. The molecule has 20 heavy (non-hydrogen) atoms. The van der Waals surface area contributed by atoms with Gasteiger partial charge in [0.05, 0.1) is 12.6 Å². The van der Waals surface area contributed by atoms with Crippen molar-refractivity contribution in [1.29, 1.82) is 0 Å². The Kier molecular flexibility index (Phi) is 4.47. The molecule has 0 saturated carbocycles. The third kappa shape index (κ3) is 3.21. The fourth-order valence-electron chi connectivity index (χ4n) is 2.28. The first-order valence-corrected chi connectivity index (χ1v) is 6.47. The quantitative estimate of drug-likeness (QED) is 0.629. The monoisotopic (exact) mass is 273 g/mol. The number of nitrogens with zero attached hydrogens (tertiary/aromatic N) is 4. The highest BCUT2D eigenvalue weighted by molar-refractivity contribution is 6.38. The van der Waals surface area contributed by atoms with E-state index in [2.05, 4.69) is 40.9 Å². The molecule has 1 amide bonds. The summed E-state index contributed by atoms with van der Waals surface area (Å²) in [4.78, 5) is 17.0. The van der Waals surface area contributed by atoms with Crippen molar-refractivity contribution in [3.63, 3.8) is 0 Å². The summed E-state index contributed by atoms with van der Waals surface area (Å²) in [6, 6.07) is 10.4. The minimum absolute atomic E-state index is 0.0404. The average Bonchev–Trinajstić information content (AvgIpc) is 2.47. The van der Waals surface area contributed by atoms with E-state index in [9.17, 15) is 4.79 Å². The van der Waals surface area contributed by atoms with E-state index in [-0.39, 0.29) is 11.9 Å². The number of hydrogen-bond donors (Lipinski definition) is 1. The first-order chi connectivity index (χ1) is 9.61. The zero-order valence-electron chi connectivity index (χ0n) is 11.6. The number of hydrogen-bond acceptors (Lipinski definition) is 4. The zero-order chi connectivity index (χ0) is 14.5. The standard InChI is InChI=1S/C14H19N5O/c1-16-14(13(15)20)17-19-9-8-18(2)12(10-19)11-6-4-3-5-7-11/h3-7,12H,1,8-10H2,2H3,(H2,15,20)/b17-14-. The Bertz CT molecular complexity index is 514. The predicted octanol–water partition coefficient (Wildman–Crippen LogP) is 0.475. The van der Waals surface area contributed by atoms with E-state index in [4.69, 9.17) is 5.73 Å². The Balaban J connectivity index is 2.16. The van der Waals surface area contributed by atoms with Gasteiger partial charge in [0, 0.05) is 13.1 Å². The second-order valence-electron chi connectivity index (χ2n) is 4.77. The third-order valence-electron chi connectivity index (χ3n) is 3.42. The Morgan fingerprint density at radius 3 is 2.65 bits per heavy atom. The van der Waals surface area contributed by atoms with Crippen LogP contribution in [0.1, 0.15) is 11.6 Å². The smallest absolute Gasteiger partial charge is 0.288 e. The molecule has 1 aromatic rings. The molecule has 2 N–H and O–H groups in total. The van der Waals surface area contributed by atoms with E-state index in [1.807, 2.05) is 23.2 Å². The lowest BCUT2D eigenvalue weighted by Crippen LogP contribution is -2.45. The van der Waals surface area contributed by atoms with Crippen molar-refractivity contribution < 1.29 is 4.79 Å². The van der Waals surface area contributed by atoms with Crippen LogP contribution in [0.25, 0.3) is 0 Å². The summed E-state index contributed by atoms with van der Waals surface area (Å²) in [5.41, 5.74) is 6.42. The van der Waals surface area contributed by atoms with E-state index in [1.165, 1.54) is 5.56 Å². The molecule has 0 bridgehead atoms. The van der Waals surface area contributed by atoms with Crippen LogP contribution in [0.5, 0.6) is 0 Å². The highest BCUT2D eigenvalue weighted by Gasteiger charge is 2.25. The van der Waals surface area contributed by atoms with Crippen LogP contribution in [0.4, 0.5) is 0 Å². The van der Waals surface area contributed by atoms with Gasteiger partial charge in [0.2, 0.25) is 5.84 Å². The van der Waals surface area contributed by atoms with Gasteiger partial charge < -0.3 is 5.73 Å². The van der Waals surface area contributed by atoms with Crippen molar-refractivity contribution in [3.05, 3.63) is 35.9 Å². The highest BCUT2D eigenvalue weighted by atomic mass is 16.1. The van der Waals surface area contributed by atoms with Gasteiger partial charge in [-0.15, -0.1) is 0 Å². The van der Waals surface area contributed by atoms with Crippen LogP contribution in [0, 0.1) is 0 Å². The molecule has 2 rings (SSSR count). The maximum atomic E-state index is 11.1. The van der Waals surface area contributed by atoms with Gasteiger partial charge in [-0.2, -0.15) is 5.10 Å². The molecule has 0 radical (unpaired) electrons. The van der Waals surface area contributed by atoms with E-state index in [1.54, 1.807) is 0 Å². The van der Waals surface area contributed by atoms with E-state index < -0.39 is 5.91 Å². The first kappa shape index (κ1) is 14.2. The molecular weight excluding hydrogens is 254 g/mol. The molecule has 0 aromatic heterocycles. The summed E-state index contributed by atoms with van der Waals surface area (Å²) < 4.78 is 0. The number of hydrazone groups is 1. The Labute approximate surface area is 118 Å². The van der Waals surface area contributed by atoms with Crippen LogP contribution in [-0.2, 0) is 4.79 Å². The molecule has 1 unspecified atom stereocenters. The first-order valence-electron chi connectivity index (χ1n) is 6.47. The summed E-state index contributed by atoms with van der Waals surface area (Å²) in [6.07, 6.45) is 0. The number of primary amides is 1. The molecule has 0 spiro atoms. The number of nitrogens with two attached hydrogens (primary N) is 1. The molecule has 1 fully saturated rings. The maximum absolute atomic E-state index is 11.1. The number of rotatable bonds is 2. The second-order valence-corrected chi connectivity index (χ2v) is 4.77. The number of likely N-dealkylation sites (N-methyl/N-ethyl adjacent to an activating group) is 1. The lowest BCUT2D eigenvalue weighted by molar-refractivity contribution is -0.112. The summed E-state index contributed by atoms with van der Waals surface area (Å²) in [6.45, 7) is 5.59. The van der Waals surface area contributed by atoms with Gasteiger partial charge in [-0.05, 0) is 19.3 Å². The number of aliphatic imine (C=N–C) groups is 1. The minimum Gasteiger partial charge on any atom is -0.363 e. The summed E-state index contributed by atoms with van der Waals surface area (Å²) in [5.74, 6) is -0.698. The fourth-order valence-corrected chi connectivity index (χ4v) is 2.28. The zero-order valence-corrected chi connectivity index (χ0v) is 11.6. The van der Waals surface area contributed by atoms with Gasteiger partial charge in [0.25, 0.3) is 5.91 Å². The van der Waals surface area contributed by atoms with Crippen molar-refractivity contribution in [2.45, 2.75) is 6.04 Å². The predicted molar refractivity (Wildman–Crippen MR) is 79.6 cm³/mol. The second kappa shape index (κ2) is 6.29. The van der Waals surface area contributed by atoms with Gasteiger partial charge in [-0.1, -0.05) is 30.3 Å². The molecule has 6 nitrogen and oxygen atoms in total. The average molecular weight is 273 g/mol. The Morgan fingerprint density at radius 2 is 2.05 bits per heavy atom. The van der Waals surface area contributed by atoms with Gasteiger partial charge in [0.1, 0.15) is 0 Å². The molecule has 1 saturated heterocycles. The molecule has 106 valence electrons. The lowest BCUT2D eigenvalue weighted by Gasteiger charge is -2.38. The topological polar surface area (TPSA) is 74.3 Å². The molecule has 1 atom stereocenters. The maximum Gasteiger partial charge on any atom is 0.288 e. The number of carbonyl (C=O) groups is 1. The highest BCUT2D eigenvalue weighted by Crippen LogP contribution is 2.23. The largest absolute Gasteiger partial charge is 0.363 e. The van der Waals surface area contributed by atoms with Gasteiger partial charge in [-0.3, -0.25) is 14.7 Å². The summed E-state index contributed by atoms with van der Waals surface area (Å²) in [7, 11) is 2.08. The summed E-state index contributed by atoms with van der Waals surface area (Å²) >= 11 is 0. The van der Waals surface area contributed by atoms with Crippen LogP contribution in [0.2, 0.25) is 0 Å². The van der Waals surface area contributed by atoms with Crippen LogP contribution >= 0.6 is 0 Å². The number of benzene rings is 1. The van der Waals surface area contributed by atoms with Crippen molar-refractivity contribution in [1.82, 2.24) is 9.91 Å². The number of amidine groups is 1. The van der Waals surface area contributed by atoms with Gasteiger partial charge in [-0.25, -0.2) is 4.99 Å². The molecular formula is C14H19N5O. The molecule has 6 heteroatoms. The van der Waals surface area contributed by atoms with Crippen molar-refractivity contribution in [2.24, 2.45) is 15.8 Å². The van der Waals surface area contributed by atoms with Crippen molar-refractivity contribution >= 4 is 18.5 Å². The van der Waals surface area contributed by atoms with Crippen molar-refractivity contribution in [3.8, 4) is 0 Å². The number of carbonyl (C=O) groups excluding carboxylic acids is 1. The minimum atomic E-state index is -0.657. The molecule has 1 heterocycles. The normalized spacial score (nSPS) is 20.8. The third-order valence-corrected chi connectivity index (χ3v) is 3.42. The number of amides is 1. The molecule has 1 aromatic carbocycles. The van der Waals surface area contributed by atoms with E-state index in [0.29, 0.717) is 6.54 Å². The van der Waals surface area contributed by atoms with Crippen LogP contribution in [0.3, 0.4) is 0 Å². The molecule has 1 aliphatic heterocycles. The Hall–Kier alpha value is -2.21.